The van der Waals surface area contributed by atoms with Crippen molar-refractivity contribution in [3.63, 3.8) is 0 Å². The van der Waals surface area contributed by atoms with Gasteiger partial charge in [-0.2, -0.15) is 5.10 Å². The Labute approximate surface area is 284 Å². The summed E-state index contributed by atoms with van der Waals surface area (Å²) in [4.78, 5) is 13.0. The Bertz CT molecular complexity index is 1710. The molecular formula is C38H47N5O4Si. The van der Waals surface area contributed by atoms with Crippen molar-refractivity contribution in [2.24, 2.45) is 11.0 Å². The summed E-state index contributed by atoms with van der Waals surface area (Å²) in [6.07, 6.45) is 6.30. The van der Waals surface area contributed by atoms with Crippen LogP contribution in [0, 0.1) is 5.92 Å². The molecule has 4 aromatic rings. The lowest BCUT2D eigenvalue weighted by atomic mass is 9.95. The number of benzene rings is 3. The number of aliphatic hydroxyl groups excluding tert-OH is 1. The number of aryl methyl sites for hydroxylation is 2. The van der Waals surface area contributed by atoms with Gasteiger partial charge in [-0.05, 0) is 66.1 Å². The van der Waals surface area contributed by atoms with Crippen LogP contribution < -0.4 is 14.9 Å². The molecule has 3 aromatic carbocycles. The van der Waals surface area contributed by atoms with Gasteiger partial charge in [0.1, 0.15) is 5.75 Å². The van der Waals surface area contributed by atoms with Crippen LogP contribution in [0.4, 0.5) is 5.69 Å². The Morgan fingerprint density at radius 3 is 2.50 bits per heavy atom. The third-order valence-electron chi connectivity index (χ3n) is 10.2. The Morgan fingerprint density at radius 2 is 1.75 bits per heavy atom. The highest BCUT2D eigenvalue weighted by atomic mass is 28.3. The number of hydrazone groups is 1. The summed E-state index contributed by atoms with van der Waals surface area (Å²) >= 11 is 0. The summed E-state index contributed by atoms with van der Waals surface area (Å²) in [7, 11) is -0.291. The molecule has 6 rings (SSSR count). The molecule has 1 aromatic heterocycles. The lowest BCUT2D eigenvalue weighted by Gasteiger charge is -2.36. The number of carbonyl (C=O) groups is 1. The predicted molar refractivity (Wildman–Crippen MR) is 192 cm³/mol. The van der Waals surface area contributed by atoms with E-state index in [4.69, 9.17) is 14.6 Å². The number of nitrogens with zero attached hydrogens (tertiary/aromatic N) is 5. The zero-order chi connectivity index (χ0) is 33.7. The predicted octanol–water partition coefficient (Wildman–Crippen LogP) is 5.76. The van der Waals surface area contributed by atoms with Crippen molar-refractivity contribution < 1.29 is 19.4 Å². The first-order chi connectivity index (χ1) is 23.3. The van der Waals surface area contributed by atoms with Crippen LogP contribution in [0.5, 0.6) is 5.75 Å². The van der Waals surface area contributed by atoms with Crippen molar-refractivity contribution in [1.82, 2.24) is 15.0 Å². The fourth-order valence-corrected chi connectivity index (χ4v) is 11.7. The molecule has 1 amide bonds. The number of aliphatic hydroxyl groups is 1. The van der Waals surface area contributed by atoms with Crippen molar-refractivity contribution >= 4 is 30.6 Å². The van der Waals surface area contributed by atoms with E-state index in [-0.39, 0.29) is 24.7 Å². The second-order valence-corrected chi connectivity index (χ2v) is 18.3. The largest absolute Gasteiger partial charge is 0.497 e. The van der Waals surface area contributed by atoms with E-state index in [1.165, 1.54) is 10.8 Å². The molecule has 9 nitrogen and oxygen atoms in total. The van der Waals surface area contributed by atoms with E-state index in [1.54, 1.807) is 12.1 Å². The number of hydrogen-bond donors (Lipinski definition) is 1. The van der Waals surface area contributed by atoms with Crippen molar-refractivity contribution in [3.8, 4) is 5.75 Å². The molecule has 0 aliphatic carbocycles. The molecule has 0 spiro atoms. The van der Waals surface area contributed by atoms with Crippen LogP contribution in [-0.2, 0) is 28.9 Å². The lowest BCUT2D eigenvalue weighted by Crippen LogP contribution is -2.50. The zero-order valence-electron chi connectivity index (χ0n) is 28.5. The maximum Gasteiger partial charge on any atom is 0.247 e. The first-order valence-electron chi connectivity index (χ1n) is 17.1. The first kappa shape index (κ1) is 33.8. The maximum absolute atomic E-state index is 13.0. The number of hydrogen-bond acceptors (Lipinski definition) is 7. The maximum atomic E-state index is 13.0. The summed E-state index contributed by atoms with van der Waals surface area (Å²) in [5.41, 5.74) is 5.17. The second kappa shape index (κ2) is 15.0. The van der Waals surface area contributed by atoms with Gasteiger partial charge in [-0.1, -0.05) is 85.0 Å². The van der Waals surface area contributed by atoms with Crippen LogP contribution in [0.3, 0.4) is 0 Å². The SMILES string of the molecule is COc1ccc([Si](C)(C)[C@@H]2[C@@H](C)[C@@H](CCc3cccc(N4N=C(c5ccccc5)CCC4=O)c3)O[C@H]2CCn2cc(CCO)nn2)cc1. The highest BCUT2D eigenvalue weighted by Crippen LogP contribution is 2.46. The van der Waals surface area contributed by atoms with Gasteiger partial charge in [-0.3, -0.25) is 9.48 Å². The van der Waals surface area contributed by atoms with Crippen molar-refractivity contribution in [1.29, 1.82) is 0 Å². The fourth-order valence-electron chi connectivity index (χ4n) is 7.60. The van der Waals surface area contributed by atoms with Gasteiger partial charge in [0.25, 0.3) is 0 Å². The molecule has 4 atom stereocenters. The van der Waals surface area contributed by atoms with Crippen LogP contribution in [0.1, 0.15) is 49.4 Å². The minimum atomic E-state index is -2.00. The third-order valence-corrected chi connectivity index (χ3v) is 14.6. The third kappa shape index (κ3) is 7.46. The smallest absolute Gasteiger partial charge is 0.247 e. The Morgan fingerprint density at radius 1 is 0.958 bits per heavy atom. The Balaban J connectivity index is 1.19. The average molecular weight is 666 g/mol. The quantitative estimate of drug-likeness (QED) is 0.182. The summed E-state index contributed by atoms with van der Waals surface area (Å²) in [5, 5.41) is 25.6. The van der Waals surface area contributed by atoms with Crippen LogP contribution >= 0.6 is 0 Å². The molecule has 2 aliphatic heterocycles. The number of ether oxygens (including phenoxy) is 2. The van der Waals surface area contributed by atoms with Gasteiger partial charge < -0.3 is 14.6 Å². The molecule has 252 valence electrons. The lowest BCUT2D eigenvalue weighted by molar-refractivity contribution is -0.118. The number of carbonyl (C=O) groups excluding carboxylic acids is 1. The number of amides is 1. The van der Waals surface area contributed by atoms with Crippen molar-refractivity contribution in [2.45, 2.75) is 82.8 Å². The Kier molecular flexibility index (Phi) is 10.5. The number of aromatic nitrogens is 3. The van der Waals surface area contributed by atoms with E-state index in [0.717, 1.165) is 47.7 Å². The molecule has 3 heterocycles. The number of methoxy groups -OCH3 is 1. The van der Waals surface area contributed by atoms with Crippen LogP contribution in [0.2, 0.25) is 18.6 Å². The standard InChI is InChI=1S/C38H47N5O4Si/c1-27-35(19-13-28-9-8-12-31(25-28)43-37(45)20-18-34(40-43)29-10-6-5-7-11-29)47-36(21-23-42-26-30(22-24-44)39-41-42)38(27)48(3,4)33-16-14-32(46-2)15-17-33/h5-12,14-17,25-27,35-36,38,44H,13,18-24H2,1-4H3/t27-,35+,36-,38+/m0/s1. The highest BCUT2D eigenvalue weighted by molar-refractivity contribution is 6.91. The molecule has 1 saturated heterocycles. The van der Waals surface area contributed by atoms with Crippen LogP contribution in [0.15, 0.2) is 90.2 Å². The van der Waals surface area contributed by atoms with E-state index >= 15 is 0 Å². The van der Waals surface area contributed by atoms with Gasteiger partial charge >= 0.3 is 0 Å². The van der Waals surface area contributed by atoms with Crippen LogP contribution in [-0.4, -0.2) is 65.7 Å². The van der Waals surface area contributed by atoms with Gasteiger partial charge in [0.15, 0.2) is 0 Å². The first-order valence-corrected chi connectivity index (χ1v) is 20.2. The fraction of sp³-hybridized carbons (Fsp3) is 0.421. The van der Waals surface area contributed by atoms with E-state index in [1.807, 2.05) is 53.3 Å². The van der Waals surface area contributed by atoms with Gasteiger partial charge in [-0.25, -0.2) is 5.01 Å². The number of anilines is 1. The Hall–Kier alpha value is -4.12. The molecule has 0 radical (unpaired) electrons. The number of rotatable bonds is 13. The van der Waals surface area contributed by atoms with Crippen molar-refractivity contribution in [3.05, 3.63) is 102 Å². The summed E-state index contributed by atoms with van der Waals surface area (Å²) < 4.78 is 14.3. The van der Waals surface area contributed by atoms with Gasteiger partial charge in [0, 0.05) is 38.6 Å². The van der Waals surface area contributed by atoms with E-state index < -0.39 is 8.07 Å². The molecule has 48 heavy (non-hydrogen) atoms. The van der Waals surface area contributed by atoms with Crippen molar-refractivity contribution in [2.75, 3.05) is 18.7 Å². The van der Waals surface area contributed by atoms with E-state index in [2.05, 4.69) is 66.7 Å². The average Bonchev–Trinajstić information content (AvgIpc) is 3.70. The topological polar surface area (TPSA) is 102 Å². The molecule has 1 fully saturated rings. The van der Waals surface area contributed by atoms with E-state index in [0.29, 0.717) is 37.3 Å². The summed E-state index contributed by atoms with van der Waals surface area (Å²) in [6.45, 7) is 8.07. The zero-order valence-corrected chi connectivity index (χ0v) is 29.5. The summed E-state index contributed by atoms with van der Waals surface area (Å²) in [5.74, 6) is 1.25. The molecule has 1 N–H and O–H groups in total. The molecular weight excluding hydrogens is 619 g/mol. The minimum absolute atomic E-state index is 0.0202. The molecule has 0 saturated carbocycles. The van der Waals surface area contributed by atoms with Gasteiger partial charge in [-0.15, -0.1) is 5.10 Å². The van der Waals surface area contributed by atoms with Gasteiger partial charge in [0.2, 0.25) is 5.91 Å². The molecule has 10 heteroatoms. The molecule has 2 aliphatic rings. The second-order valence-electron chi connectivity index (χ2n) is 13.6. The van der Waals surface area contributed by atoms with Crippen LogP contribution in [0.25, 0.3) is 0 Å². The normalized spacial score (nSPS) is 21.4. The van der Waals surface area contributed by atoms with E-state index in [9.17, 15) is 9.90 Å². The summed E-state index contributed by atoms with van der Waals surface area (Å²) in [6, 6.07) is 27.0. The minimum Gasteiger partial charge on any atom is -0.497 e. The monoisotopic (exact) mass is 665 g/mol. The molecule has 0 bridgehead atoms. The highest BCUT2D eigenvalue weighted by Gasteiger charge is 2.50. The molecule has 0 unspecified atom stereocenters. The van der Waals surface area contributed by atoms with Gasteiger partial charge in [0.05, 0.1) is 44.5 Å².